The third kappa shape index (κ3) is 3.32. The molecule has 7 heteroatoms. The second-order valence-corrected chi connectivity index (χ2v) is 7.83. The normalized spacial score (nSPS) is 20.1. The van der Waals surface area contributed by atoms with Gasteiger partial charge in [0.05, 0.1) is 0 Å². The van der Waals surface area contributed by atoms with Gasteiger partial charge in [0.25, 0.3) is 0 Å². The molecular formula is C19H22N2O4S. The minimum absolute atomic E-state index is 0.139. The van der Waals surface area contributed by atoms with Gasteiger partial charge in [0.15, 0.2) is 5.78 Å². The lowest BCUT2D eigenvalue weighted by Gasteiger charge is -2.38. The van der Waals surface area contributed by atoms with Crippen molar-refractivity contribution in [1.29, 1.82) is 0 Å². The molecule has 0 radical (unpaired) electrons. The van der Waals surface area contributed by atoms with E-state index in [4.69, 9.17) is 0 Å². The number of carbonyl (C=O) groups is 2. The van der Waals surface area contributed by atoms with Crippen LogP contribution in [0.2, 0.25) is 0 Å². The summed E-state index contributed by atoms with van der Waals surface area (Å²) in [7, 11) is 1.52. The molecule has 2 N–H and O–H groups in total. The molecule has 0 aromatic carbocycles. The van der Waals surface area contributed by atoms with Gasteiger partial charge < -0.3 is 15.1 Å². The van der Waals surface area contributed by atoms with Crippen LogP contribution in [0.4, 0.5) is 4.79 Å². The van der Waals surface area contributed by atoms with Crippen LogP contribution in [-0.4, -0.2) is 51.6 Å². The first-order chi connectivity index (χ1) is 12.3. The Balaban J connectivity index is 2.26. The van der Waals surface area contributed by atoms with Gasteiger partial charge >= 0.3 is 6.09 Å². The van der Waals surface area contributed by atoms with E-state index in [0.717, 1.165) is 21.6 Å². The fourth-order valence-electron chi connectivity index (χ4n) is 3.27. The Labute approximate surface area is 156 Å². The van der Waals surface area contributed by atoms with Crippen LogP contribution in [0.3, 0.4) is 0 Å². The van der Waals surface area contributed by atoms with Crippen molar-refractivity contribution in [1.82, 2.24) is 9.80 Å². The third-order valence-corrected chi connectivity index (χ3v) is 5.26. The van der Waals surface area contributed by atoms with E-state index >= 15 is 0 Å². The topological polar surface area (TPSA) is 81.1 Å². The summed E-state index contributed by atoms with van der Waals surface area (Å²) in [6.07, 6.45) is 1.30. The summed E-state index contributed by atoms with van der Waals surface area (Å²) in [5, 5.41) is 21.6. The lowest BCUT2D eigenvalue weighted by molar-refractivity contribution is -0.124. The highest BCUT2D eigenvalue weighted by Gasteiger charge is 2.35. The summed E-state index contributed by atoms with van der Waals surface area (Å²) < 4.78 is 0. The van der Waals surface area contributed by atoms with E-state index in [1.165, 1.54) is 29.4 Å². The second-order valence-electron chi connectivity index (χ2n) is 6.89. The number of amides is 1. The number of hydrogen-bond acceptors (Lipinski definition) is 5. The van der Waals surface area contributed by atoms with Crippen molar-refractivity contribution >= 4 is 28.8 Å². The van der Waals surface area contributed by atoms with Crippen LogP contribution in [0, 0.1) is 5.92 Å². The number of aliphatic hydroxyl groups excluding tert-OH is 1. The molecule has 1 aliphatic heterocycles. The smallest absolute Gasteiger partial charge is 0.412 e. The van der Waals surface area contributed by atoms with Gasteiger partial charge in [0.2, 0.25) is 0 Å². The van der Waals surface area contributed by atoms with Crippen molar-refractivity contribution < 1.29 is 19.8 Å². The van der Waals surface area contributed by atoms with E-state index in [2.05, 4.69) is 13.8 Å². The molecular weight excluding hydrogens is 352 g/mol. The van der Waals surface area contributed by atoms with Crippen LogP contribution in [0.25, 0.3) is 5.57 Å². The van der Waals surface area contributed by atoms with Gasteiger partial charge in [0, 0.05) is 36.7 Å². The van der Waals surface area contributed by atoms with Crippen molar-refractivity contribution in [2.45, 2.75) is 26.4 Å². The SMILES string of the molecule is CC(C)CN1C=C2CC(=O)C(O)C=C2C(c2cccs2)=C1N(C)C(=O)O. The van der Waals surface area contributed by atoms with Crippen LogP contribution in [0.5, 0.6) is 0 Å². The Kier molecular flexibility index (Phi) is 5.02. The molecule has 26 heavy (non-hydrogen) atoms. The highest BCUT2D eigenvalue weighted by molar-refractivity contribution is 7.11. The van der Waals surface area contributed by atoms with Crippen LogP contribution in [-0.2, 0) is 4.79 Å². The van der Waals surface area contributed by atoms with E-state index in [1.54, 1.807) is 0 Å². The number of nitrogens with zero attached hydrogens (tertiary/aromatic N) is 2. The average molecular weight is 374 g/mol. The number of carboxylic acid groups (broad SMARTS) is 1. The number of allylic oxidation sites excluding steroid dienone is 3. The molecule has 2 heterocycles. The van der Waals surface area contributed by atoms with Crippen molar-refractivity contribution in [3.8, 4) is 0 Å². The van der Waals surface area contributed by atoms with Crippen LogP contribution in [0.15, 0.2) is 46.8 Å². The zero-order valence-corrected chi connectivity index (χ0v) is 15.8. The van der Waals surface area contributed by atoms with Crippen molar-refractivity contribution in [3.63, 3.8) is 0 Å². The first-order valence-corrected chi connectivity index (χ1v) is 9.33. The molecule has 0 saturated carbocycles. The minimum Gasteiger partial charge on any atom is -0.465 e. The first kappa shape index (κ1) is 18.4. The summed E-state index contributed by atoms with van der Waals surface area (Å²) >= 11 is 1.50. The van der Waals surface area contributed by atoms with Gasteiger partial charge in [-0.15, -0.1) is 11.3 Å². The van der Waals surface area contributed by atoms with Gasteiger partial charge in [-0.05, 0) is 34.6 Å². The first-order valence-electron chi connectivity index (χ1n) is 8.45. The standard InChI is InChI=1S/C19H22N2O4S/c1-11(2)9-21-10-12-7-14(22)15(23)8-13(12)17(16-5-4-6-26-16)18(21)20(3)19(24)25/h4-6,8,10-11,15,23H,7,9H2,1-3H3,(H,24,25). The maximum Gasteiger partial charge on any atom is 0.412 e. The Morgan fingerprint density at radius 3 is 2.77 bits per heavy atom. The second kappa shape index (κ2) is 7.09. The summed E-state index contributed by atoms with van der Waals surface area (Å²) in [6.45, 7) is 4.74. The quantitative estimate of drug-likeness (QED) is 0.846. The number of rotatable bonds is 4. The summed E-state index contributed by atoms with van der Waals surface area (Å²) in [6, 6.07) is 3.83. The minimum atomic E-state index is -1.16. The Morgan fingerprint density at radius 1 is 1.46 bits per heavy atom. The Morgan fingerprint density at radius 2 is 2.19 bits per heavy atom. The van der Waals surface area contributed by atoms with Gasteiger partial charge in [-0.25, -0.2) is 4.79 Å². The number of ketones is 1. The molecule has 1 aliphatic carbocycles. The number of Topliss-reactive ketones (excluding diaryl/α,β-unsaturated/α-hetero) is 1. The molecule has 1 amide bonds. The number of thiophene rings is 1. The summed E-state index contributed by atoms with van der Waals surface area (Å²) in [5.41, 5.74) is 2.30. The molecule has 138 valence electrons. The number of aliphatic hydroxyl groups is 1. The average Bonchev–Trinajstić information content (AvgIpc) is 3.08. The molecule has 0 spiro atoms. The molecule has 0 fully saturated rings. The van der Waals surface area contributed by atoms with Gasteiger partial charge in [0.1, 0.15) is 11.9 Å². The van der Waals surface area contributed by atoms with Gasteiger partial charge in [-0.2, -0.15) is 0 Å². The molecule has 0 saturated heterocycles. The van der Waals surface area contributed by atoms with Crippen LogP contribution < -0.4 is 0 Å². The number of fused-ring (bicyclic) bond motifs is 1. The van der Waals surface area contributed by atoms with E-state index in [0.29, 0.717) is 18.3 Å². The fourth-order valence-corrected chi connectivity index (χ4v) is 4.04. The predicted molar refractivity (Wildman–Crippen MR) is 100 cm³/mol. The third-order valence-electron chi connectivity index (χ3n) is 4.38. The van der Waals surface area contributed by atoms with Crippen molar-refractivity contribution in [3.05, 3.63) is 51.6 Å². The Bertz CT molecular complexity index is 821. The monoisotopic (exact) mass is 374 g/mol. The van der Waals surface area contributed by atoms with E-state index in [-0.39, 0.29) is 12.2 Å². The molecule has 1 unspecified atom stereocenters. The maximum atomic E-state index is 12.0. The molecule has 3 rings (SSSR count). The zero-order chi connectivity index (χ0) is 19.0. The molecule has 6 nitrogen and oxygen atoms in total. The van der Waals surface area contributed by atoms with E-state index in [1.807, 2.05) is 28.6 Å². The predicted octanol–water partition coefficient (Wildman–Crippen LogP) is 3.14. The highest BCUT2D eigenvalue weighted by Crippen LogP contribution is 2.43. The largest absolute Gasteiger partial charge is 0.465 e. The van der Waals surface area contributed by atoms with Crippen molar-refractivity contribution in [2.24, 2.45) is 5.92 Å². The fraction of sp³-hybridized carbons (Fsp3) is 0.368. The van der Waals surface area contributed by atoms with Crippen molar-refractivity contribution in [2.75, 3.05) is 13.6 Å². The van der Waals surface area contributed by atoms with E-state index < -0.39 is 12.2 Å². The maximum absolute atomic E-state index is 12.0. The molecule has 1 aromatic heterocycles. The van der Waals surface area contributed by atoms with Gasteiger partial charge in [-0.3, -0.25) is 9.69 Å². The molecule has 0 bridgehead atoms. The number of carbonyl (C=O) groups excluding carboxylic acids is 1. The zero-order valence-electron chi connectivity index (χ0n) is 15.0. The summed E-state index contributed by atoms with van der Waals surface area (Å²) in [5.74, 6) is 0.597. The Hall–Kier alpha value is -2.38. The van der Waals surface area contributed by atoms with E-state index in [9.17, 15) is 19.8 Å². The molecule has 1 aromatic rings. The molecule has 1 atom stereocenters. The lowest BCUT2D eigenvalue weighted by Crippen LogP contribution is -2.39. The lowest BCUT2D eigenvalue weighted by atomic mass is 9.84. The highest BCUT2D eigenvalue weighted by atomic mass is 32.1. The number of hydrogen-bond donors (Lipinski definition) is 2. The molecule has 2 aliphatic rings. The van der Waals surface area contributed by atoms with Crippen LogP contribution in [0.1, 0.15) is 25.1 Å². The van der Waals surface area contributed by atoms with Crippen LogP contribution >= 0.6 is 11.3 Å². The summed E-state index contributed by atoms with van der Waals surface area (Å²) in [4.78, 5) is 27.8. The van der Waals surface area contributed by atoms with Gasteiger partial charge in [-0.1, -0.05) is 19.9 Å².